The molecule has 0 aliphatic carbocycles. The molecule has 0 atom stereocenters. The fourth-order valence-electron chi connectivity index (χ4n) is 0.824. The predicted molar refractivity (Wildman–Crippen MR) is 58.5 cm³/mol. The molecule has 0 bridgehead atoms. The highest BCUT2D eigenvalue weighted by molar-refractivity contribution is 8.13. The molecule has 0 aromatic heterocycles. The van der Waals surface area contributed by atoms with Gasteiger partial charge in [0.05, 0.1) is 5.02 Å². The van der Waals surface area contributed by atoms with Crippen LogP contribution in [0.3, 0.4) is 0 Å². The van der Waals surface area contributed by atoms with Crippen molar-refractivity contribution in [1.29, 1.82) is 0 Å². The third-order valence-corrected chi connectivity index (χ3v) is 2.67. The summed E-state index contributed by atoms with van der Waals surface area (Å²) < 4.78 is 12.8. The van der Waals surface area contributed by atoms with Gasteiger partial charge in [-0.1, -0.05) is 29.4 Å². The van der Waals surface area contributed by atoms with Crippen LogP contribution in [0.4, 0.5) is 4.39 Å². The molecule has 4 N–H and O–H groups in total. The zero-order valence-corrected chi connectivity index (χ0v) is 8.78. The Bertz CT molecular complexity index is 356. The van der Waals surface area contributed by atoms with Crippen LogP contribution in [0.1, 0.15) is 5.56 Å². The fraction of sp³-hybridized carbons (Fsp3) is 0.125. The van der Waals surface area contributed by atoms with Crippen LogP contribution in [0.2, 0.25) is 5.02 Å². The minimum atomic E-state index is -0.430. The number of halogens is 2. The molecule has 1 rings (SSSR count). The second-order valence-electron chi connectivity index (χ2n) is 2.50. The van der Waals surface area contributed by atoms with Gasteiger partial charge in [0, 0.05) is 5.75 Å². The normalized spacial score (nSPS) is 11.7. The molecule has 0 aliphatic rings. The Hall–Kier alpha value is -0.940. The Morgan fingerprint density at radius 1 is 1.57 bits per heavy atom. The number of hydrogen-bond donors (Lipinski definition) is 2. The van der Waals surface area contributed by atoms with E-state index < -0.39 is 5.82 Å². The number of nitrogens with two attached hydrogens (primary N) is 2. The summed E-state index contributed by atoms with van der Waals surface area (Å²) in [5.74, 6) is 5.08. The van der Waals surface area contributed by atoms with E-state index in [0.29, 0.717) is 5.75 Å². The van der Waals surface area contributed by atoms with Crippen molar-refractivity contribution >= 4 is 28.5 Å². The summed E-state index contributed by atoms with van der Waals surface area (Å²) in [5, 5.41) is 3.68. The summed E-state index contributed by atoms with van der Waals surface area (Å²) in [7, 11) is 0. The van der Waals surface area contributed by atoms with Gasteiger partial charge in [0.2, 0.25) is 0 Å². The molecule has 0 spiro atoms. The Labute approximate surface area is 90.3 Å². The average molecular weight is 234 g/mol. The first-order valence-electron chi connectivity index (χ1n) is 3.73. The average Bonchev–Trinajstić information content (AvgIpc) is 2.19. The van der Waals surface area contributed by atoms with E-state index in [9.17, 15) is 4.39 Å². The summed E-state index contributed by atoms with van der Waals surface area (Å²) in [6.45, 7) is 0. The van der Waals surface area contributed by atoms with Crippen LogP contribution in [0.15, 0.2) is 23.3 Å². The third kappa shape index (κ3) is 3.08. The van der Waals surface area contributed by atoms with Crippen molar-refractivity contribution in [3.8, 4) is 0 Å². The van der Waals surface area contributed by atoms with Crippen molar-refractivity contribution in [2.75, 3.05) is 0 Å². The summed E-state index contributed by atoms with van der Waals surface area (Å²) in [4.78, 5) is 0. The topological polar surface area (TPSA) is 64.4 Å². The Morgan fingerprint density at radius 3 is 2.86 bits per heavy atom. The van der Waals surface area contributed by atoms with Crippen LogP contribution in [0.5, 0.6) is 0 Å². The van der Waals surface area contributed by atoms with E-state index in [1.807, 2.05) is 0 Å². The van der Waals surface area contributed by atoms with Gasteiger partial charge in [-0.25, -0.2) is 4.39 Å². The lowest BCUT2D eigenvalue weighted by Gasteiger charge is -2.01. The van der Waals surface area contributed by atoms with E-state index >= 15 is 0 Å². The van der Waals surface area contributed by atoms with Crippen LogP contribution >= 0.6 is 23.4 Å². The molecule has 1 aromatic rings. The lowest BCUT2D eigenvalue weighted by molar-refractivity contribution is 0.628. The van der Waals surface area contributed by atoms with Crippen LogP contribution in [0, 0.1) is 5.82 Å². The molecule has 6 heteroatoms. The number of rotatable bonds is 2. The van der Waals surface area contributed by atoms with Crippen molar-refractivity contribution in [1.82, 2.24) is 0 Å². The molecule has 0 saturated heterocycles. The molecule has 0 fully saturated rings. The van der Waals surface area contributed by atoms with E-state index in [4.69, 9.17) is 23.2 Å². The van der Waals surface area contributed by atoms with Crippen LogP contribution in [-0.2, 0) is 5.75 Å². The molecule has 3 nitrogen and oxygen atoms in total. The predicted octanol–water partition coefficient (Wildman–Crippen LogP) is 1.90. The van der Waals surface area contributed by atoms with Crippen LogP contribution in [0.25, 0.3) is 0 Å². The number of hydrogen-bond acceptors (Lipinski definition) is 3. The van der Waals surface area contributed by atoms with Gasteiger partial charge in [0.25, 0.3) is 0 Å². The maximum atomic E-state index is 12.8. The molecule has 0 saturated carbocycles. The number of nitrogens with zero attached hydrogens (tertiary/aromatic N) is 1. The van der Waals surface area contributed by atoms with Crippen molar-refractivity contribution in [2.24, 2.45) is 16.7 Å². The fourth-order valence-corrected chi connectivity index (χ4v) is 1.60. The number of amidine groups is 1. The summed E-state index contributed by atoms with van der Waals surface area (Å²) in [6, 6.07) is 4.50. The number of thioether (sulfide) groups is 1. The van der Waals surface area contributed by atoms with Crippen LogP contribution < -0.4 is 11.6 Å². The first-order valence-corrected chi connectivity index (χ1v) is 5.10. The van der Waals surface area contributed by atoms with Gasteiger partial charge in [-0.3, -0.25) is 0 Å². The highest BCUT2D eigenvalue weighted by atomic mass is 35.5. The Kier molecular flexibility index (Phi) is 4.03. The van der Waals surface area contributed by atoms with E-state index in [2.05, 4.69) is 5.10 Å². The standard InChI is InChI=1S/C8H9ClFN3S/c9-6-3-5(1-2-7(6)10)4-14-8(11)13-12/h1-3H,4,12H2,(H2,11,13). The molecular formula is C8H9ClFN3S. The summed E-state index contributed by atoms with van der Waals surface area (Å²) in [6.07, 6.45) is 0. The van der Waals surface area contributed by atoms with Crippen molar-refractivity contribution in [2.45, 2.75) is 5.75 Å². The second-order valence-corrected chi connectivity index (χ2v) is 3.91. The third-order valence-electron chi connectivity index (χ3n) is 1.50. The van der Waals surface area contributed by atoms with Gasteiger partial charge in [-0.05, 0) is 17.7 Å². The zero-order chi connectivity index (χ0) is 10.6. The van der Waals surface area contributed by atoms with E-state index in [0.717, 1.165) is 5.56 Å². The van der Waals surface area contributed by atoms with E-state index in [1.165, 1.54) is 17.8 Å². The molecule has 76 valence electrons. The first-order chi connectivity index (χ1) is 6.63. The molecule has 0 aliphatic heterocycles. The van der Waals surface area contributed by atoms with Gasteiger partial charge in [0.1, 0.15) is 5.82 Å². The van der Waals surface area contributed by atoms with Gasteiger partial charge < -0.3 is 11.6 Å². The summed E-state index contributed by atoms with van der Waals surface area (Å²) in [5.41, 5.74) is 6.24. The van der Waals surface area contributed by atoms with Gasteiger partial charge in [0.15, 0.2) is 5.17 Å². The molecule has 0 amide bonds. The monoisotopic (exact) mass is 233 g/mol. The highest BCUT2D eigenvalue weighted by Gasteiger charge is 2.01. The van der Waals surface area contributed by atoms with Crippen LogP contribution in [-0.4, -0.2) is 5.17 Å². The van der Waals surface area contributed by atoms with Crippen molar-refractivity contribution < 1.29 is 4.39 Å². The molecular weight excluding hydrogens is 225 g/mol. The quantitative estimate of drug-likeness (QED) is 0.355. The second kappa shape index (κ2) is 5.07. The molecule has 0 unspecified atom stereocenters. The Morgan fingerprint density at radius 2 is 2.29 bits per heavy atom. The van der Waals surface area contributed by atoms with Gasteiger partial charge >= 0.3 is 0 Å². The van der Waals surface area contributed by atoms with E-state index in [-0.39, 0.29) is 10.2 Å². The SMILES string of the molecule is N/N=C(/N)SCc1ccc(F)c(Cl)c1. The molecule has 0 heterocycles. The van der Waals surface area contributed by atoms with Crippen molar-refractivity contribution in [3.63, 3.8) is 0 Å². The minimum Gasteiger partial charge on any atom is -0.377 e. The number of benzene rings is 1. The van der Waals surface area contributed by atoms with E-state index in [1.54, 1.807) is 12.1 Å². The Balaban J connectivity index is 2.64. The molecule has 1 aromatic carbocycles. The minimum absolute atomic E-state index is 0.103. The summed E-state index contributed by atoms with van der Waals surface area (Å²) >= 11 is 6.86. The van der Waals surface area contributed by atoms with Gasteiger partial charge in [-0.15, -0.1) is 0 Å². The molecule has 0 radical (unpaired) electrons. The number of hydrazone groups is 1. The van der Waals surface area contributed by atoms with Crippen molar-refractivity contribution in [3.05, 3.63) is 34.6 Å². The lowest BCUT2D eigenvalue weighted by Crippen LogP contribution is -2.09. The smallest absolute Gasteiger partial charge is 0.177 e. The first kappa shape index (κ1) is 11.1. The van der Waals surface area contributed by atoms with Gasteiger partial charge in [-0.2, -0.15) is 5.10 Å². The zero-order valence-electron chi connectivity index (χ0n) is 7.21. The lowest BCUT2D eigenvalue weighted by atomic mass is 10.2. The highest BCUT2D eigenvalue weighted by Crippen LogP contribution is 2.19. The largest absolute Gasteiger partial charge is 0.377 e. The molecule has 14 heavy (non-hydrogen) atoms. The maximum Gasteiger partial charge on any atom is 0.177 e. The maximum absolute atomic E-state index is 12.8.